The van der Waals surface area contributed by atoms with Crippen LogP contribution >= 0.6 is 22.9 Å². The number of hydrogen-bond donors (Lipinski definition) is 1. The molecule has 0 aliphatic heterocycles. The maximum Gasteiger partial charge on any atom is 0.264 e. The van der Waals surface area contributed by atoms with Crippen LogP contribution in [0.15, 0.2) is 29.6 Å². The highest BCUT2D eigenvalue weighted by Gasteiger charge is 2.12. The van der Waals surface area contributed by atoms with E-state index in [1.807, 2.05) is 12.1 Å². The van der Waals surface area contributed by atoms with Gasteiger partial charge in [0.25, 0.3) is 5.91 Å². The summed E-state index contributed by atoms with van der Waals surface area (Å²) in [5, 5.41) is 10.2. The standard InChI is InChI=1S/C14H13N3OS2/c1-9-13(20-17-16-9)14(18)15-7-6-10-8-19-12-5-3-2-4-11(10)12/h2-5,8H,6-7H2,1H3,(H,15,18). The van der Waals surface area contributed by atoms with E-state index in [1.54, 1.807) is 18.3 Å². The second-order valence-corrected chi connectivity index (χ2v) is 6.12. The topological polar surface area (TPSA) is 54.9 Å². The molecule has 1 N–H and O–H groups in total. The Morgan fingerprint density at radius 3 is 3.00 bits per heavy atom. The fourth-order valence-corrected chi connectivity index (χ4v) is 3.63. The molecule has 6 heteroatoms. The molecule has 0 saturated heterocycles. The van der Waals surface area contributed by atoms with Crippen molar-refractivity contribution in [3.8, 4) is 0 Å². The lowest BCUT2D eigenvalue weighted by Crippen LogP contribution is -2.25. The summed E-state index contributed by atoms with van der Waals surface area (Å²) >= 11 is 2.88. The third kappa shape index (κ3) is 2.57. The van der Waals surface area contributed by atoms with E-state index in [4.69, 9.17) is 0 Å². The third-order valence-electron chi connectivity index (χ3n) is 3.10. The highest BCUT2D eigenvalue weighted by atomic mass is 32.1. The van der Waals surface area contributed by atoms with Crippen molar-refractivity contribution in [3.63, 3.8) is 0 Å². The molecule has 102 valence electrons. The van der Waals surface area contributed by atoms with E-state index in [2.05, 4.69) is 32.4 Å². The Hall–Kier alpha value is -1.79. The number of thiophene rings is 1. The van der Waals surface area contributed by atoms with Crippen LogP contribution in [0.25, 0.3) is 10.1 Å². The molecule has 3 rings (SSSR count). The molecule has 4 nitrogen and oxygen atoms in total. The van der Waals surface area contributed by atoms with Crippen LogP contribution < -0.4 is 5.32 Å². The van der Waals surface area contributed by atoms with Gasteiger partial charge in [-0.25, -0.2) is 0 Å². The molecule has 0 spiro atoms. The lowest BCUT2D eigenvalue weighted by Gasteiger charge is -2.03. The molecule has 0 bridgehead atoms. The molecule has 0 radical (unpaired) electrons. The lowest BCUT2D eigenvalue weighted by molar-refractivity contribution is 0.0957. The van der Waals surface area contributed by atoms with Crippen molar-refractivity contribution in [3.05, 3.63) is 45.8 Å². The van der Waals surface area contributed by atoms with Crippen molar-refractivity contribution in [2.45, 2.75) is 13.3 Å². The Labute approximate surface area is 124 Å². The predicted molar refractivity (Wildman–Crippen MR) is 82.5 cm³/mol. The number of nitrogens with one attached hydrogen (secondary N) is 1. The molecular formula is C14H13N3OS2. The number of fused-ring (bicyclic) bond motifs is 1. The number of benzene rings is 1. The zero-order valence-electron chi connectivity index (χ0n) is 10.9. The first-order valence-electron chi connectivity index (χ1n) is 6.28. The minimum atomic E-state index is -0.0861. The number of rotatable bonds is 4. The van der Waals surface area contributed by atoms with Crippen LogP contribution in [0.1, 0.15) is 20.9 Å². The van der Waals surface area contributed by atoms with Crippen molar-refractivity contribution in [2.75, 3.05) is 6.54 Å². The van der Waals surface area contributed by atoms with E-state index in [0.29, 0.717) is 17.1 Å². The van der Waals surface area contributed by atoms with Crippen molar-refractivity contribution in [2.24, 2.45) is 0 Å². The molecular weight excluding hydrogens is 290 g/mol. The molecule has 1 aromatic carbocycles. The van der Waals surface area contributed by atoms with E-state index in [-0.39, 0.29) is 5.91 Å². The second-order valence-electron chi connectivity index (χ2n) is 4.45. The van der Waals surface area contributed by atoms with Crippen LogP contribution in [0.4, 0.5) is 0 Å². The fourth-order valence-electron chi connectivity index (χ4n) is 2.06. The summed E-state index contributed by atoms with van der Waals surface area (Å²) in [6.45, 7) is 2.42. The molecule has 0 saturated carbocycles. The predicted octanol–water partition coefficient (Wildman–Crippen LogP) is 3.03. The van der Waals surface area contributed by atoms with Crippen LogP contribution in [0, 0.1) is 6.92 Å². The van der Waals surface area contributed by atoms with Crippen molar-refractivity contribution >= 4 is 38.9 Å². The molecule has 1 amide bonds. The van der Waals surface area contributed by atoms with E-state index in [9.17, 15) is 4.79 Å². The Morgan fingerprint density at radius 2 is 2.20 bits per heavy atom. The number of hydrogen-bond acceptors (Lipinski definition) is 5. The van der Waals surface area contributed by atoms with Gasteiger partial charge in [0, 0.05) is 11.2 Å². The van der Waals surface area contributed by atoms with Gasteiger partial charge in [-0.05, 0) is 47.3 Å². The summed E-state index contributed by atoms with van der Waals surface area (Å²) in [6, 6.07) is 8.34. The summed E-state index contributed by atoms with van der Waals surface area (Å²) in [7, 11) is 0. The first-order chi connectivity index (χ1) is 9.75. The van der Waals surface area contributed by atoms with Gasteiger partial charge >= 0.3 is 0 Å². The molecule has 20 heavy (non-hydrogen) atoms. The lowest BCUT2D eigenvalue weighted by atomic mass is 10.1. The molecule has 0 aliphatic carbocycles. The number of carbonyl (C=O) groups excluding carboxylic acids is 1. The first kappa shape index (κ1) is 13.2. The molecule has 0 atom stereocenters. The molecule has 0 fully saturated rings. The average Bonchev–Trinajstić information content (AvgIpc) is 3.05. The highest BCUT2D eigenvalue weighted by molar-refractivity contribution is 7.17. The third-order valence-corrected chi connectivity index (χ3v) is 4.94. The van der Waals surface area contributed by atoms with Crippen LogP contribution in [-0.2, 0) is 6.42 Å². The van der Waals surface area contributed by atoms with E-state index < -0.39 is 0 Å². The normalized spacial score (nSPS) is 10.8. The Bertz CT molecular complexity index is 748. The van der Waals surface area contributed by atoms with E-state index in [0.717, 1.165) is 18.0 Å². The SMILES string of the molecule is Cc1nnsc1C(=O)NCCc1csc2ccccc12. The van der Waals surface area contributed by atoms with Crippen LogP contribution in [-0.4, -0.2) is 22.0 Å². The van der Waals surface area contributed by atoms with Crippen LogP contribution in [0.3, 0.4) is 0 Å². The zero-order valence-corrected chi connectivity index (χ0v) is 12.6. The summed E-state index contributed by atoms with van der Waals surface area (Å²) in [5.74, 6) is -0.0861. The number of aryl methyl sites for hydroxylation is 1. The fraction of sp³-hybridized carbons (Fsp3) is 0.214. The number of aromatic nitrogens is 2. The van der Waals surface area contributed by atoms with Crippen molar-refractivity contribution < 1.29 is 4.79 Å². The van der Waals surface area contributed by atoms with Crippen molar-refractivity contribution in [1.29, 1.82) is 0 Å². The number of carbonyl (C=O) groups is 1. The Kier molecular flexibility index (Phi) is 3.75. The highest BCUT2D eigenvalue weighted by Crippen LogP contribution is 2.25. The van der Waals surface area contributed by atoms with Gasteiger partial charge < -0.3 is 5.32 Å². The Balaban J connectivity index is 1.63. The smallest absolute Gasteiger partial charge is 0.264 e. The minimum absolute atomic E-state index is 0.0861. The van der Waals surface area contributed by atoms with E-state index >= 15 is 0 Å². The van der Waals surface area contributed by atoms with Gasteiger partial charge in [-0.2, -0.15) is 0 Å². The van der Waals surface area contributed by atoms with Crippen LogP contribution in [0.2, 0.25) is 0 Å². The zero-order chi connectivity index (χ0) is 13.9. The second kappa shape index (κ2) is 5.68. The van der Waals surface area contributed by atoms with Crippen molar-refractivity contribution in [1.82, 2.24) is 14.9 Å². The summed E-state index contributed by atoms with van der Waals surface area (Å²) in [5.41, 5.74) is 1.97. The molecule has 0 unspecified atom stereocenters. The maximum absolute atomic E-state index is 11.9. The minimum Gasteiger partial charge on any atom is -0.351 e. The van der Waals surface area contributed by atoms with Gasteiger partial charge in [0.1, 0.15) is 4.88 Å². The average molecular weight is 303 g/mol. The summed E-state index contributed by atoms with van der Waals surface area (Å²) in [6.07, 6.45) is 0.834. The molecule has 0 aliphatic rings. The van der Waals surface area contributed by atoms with Gasteiger partial charge in [0.2, 0.25) is 0 Å². The maximum atomic E-state index is 11.9. The molecule has 2 aromatic heterocycles. The van der Waals surface area contributed by atoms with E-state index in [1.165, 1.54) is 15.6 Å². The number of nitrogens with zero attached hydrogens (tertiary/aromatic N) is 2. The van der Waals surface area contributed by atoms with Crippen LogP contribution in [0.5, 0.6) is 0 Å². The largest absolute Gasteiger partial charge is 0.351 e. The van der Waals surface area contributed by atoms with Gasteiger partial charge in [-0.1, -0.05) is 22.7 Å². The summed E-state index contributed by atoms with van der Waals surface area (Å²) < 4.78 is 5.06. The van der Waals surface area contributed by atoms with Gasteiger partial charge in [-0.3, -0.25) is 4.79 Å². The van der Waals surface area contributed by atoms with Gasteiger partial charge in [0.15, 0.2) is 0 Å². The molecule has 2 heterocycles. The Morgan fingerprint density at radius 1 is 1.35 bits per heavy atom. The molecule has 3 aromatic rings. The van der Waals surface area contributed by atoms with Gasteiger partial charge in [-0.15, -0.1) is 16.4 Å². The van der Waals surface area contributed by atoms with Gasteiger partial charge in [0.05, 0.1) is 5.69 Å². The number of amides is 1. The first-order valence-corrected chi connectivity index (χ1v) is 7.93. The summed E-state index contributed by atoms with van der Waals surface area (Å²) in [4.78, 5) is 12.5. The quantitative estimate of drug-likeness (QED) is 0.806. The monoisotopic (exact) mass is 303 g/mol.